The first kappa shape index (κ1) is 12.0. The van der Waals surface area contributed by atoms with E-state index in [4.69, 9.17) is 10.2 Å². The fourth-order valence-electron chi connectivity index (χ4n) is 2.09. The largest absolute Gasteiger partial charge is 0.465 e. The van der Waals surface area contributed by atoms with E-state index in [1.165, 1.54) is 4.90 Å². The van der Waals surface area contributed by atoms with Crippen LogP contribution in [0.1, 0.15) is 25.7 Å². The Kier molecular flexibility index (Phi) is 4.62. The monoisotopic (exact) mass is 213 g/mol. The highest BCUT2D eigenvalue weighted by Gasteiger charge is 2.24. The van der Waals surface area contributed by atoms with E-state index in [1.54, 1.807) is 13.1 Å². The summed E-state index contributed by atoms with van der Waals surface area (Å²) >= 11 is 0. The highest BCUT2D eigenvalue weighted by Crippen LogP contribution is 2.27. The van der Waals surface area contributed by atoms with Crippen LogP contribution in [0.4, 0.5) is 4.79 Å². The summed E-state index contributed by atoms with van der Waals surface area (Å²) in [6.07, 6.45) is 6.83. The molecule has 1 rings (SSSR count). The van der Waals surface area contributed by atoms with Crippen molar-refractivity contribution in [2.24, 2.45) is 5.92 Å². The number of hydrogen-bond acceptors (Lipinski definition) is 2. The van der Waals surface area contributed by atoms with Gasteiger partial charge >= 0.3 is 6.09 Å². The number of rotatable bonds is 3. The second-order valence-electron chi connectivity index (χ2n) is 4.07. The molecule has 0 unspecified atom stereocenters. The van der Waals surface area contributed by atoms with Crippen LogP contribution in [0.5, 0.6) is 0 Å². The van der Waals surface area contributed by atoms with E-state index in [0.717, 1.165) is 25.7 Å². The fourth-order valence-corrected chi connectivity index (χ4v) is 2.09. The first-order valence-corrected chi connectivity index (χ1v) is 5.38. The van der Waals surface area contributed by atoms with Gasteiger partial charge in [-0.05, 0) is 31.6 Å². The lowest BCUT2D eigenvalue weighted by Gasteiger charge is -2.32. The van der Waals surface area contributed by atoms with Crippen molar-refractivity contribution in [1.29, 1.82) is 0 Å². The van der Waals surface area contributed by atoms with E-state index < -0.39 is 6.09 Å². The second-order valence-corrected chi connectivity index (χ2v) is 4.07. The number of nitrogens with zero attached hydrogens (tertiary/aromatic N) is 1. The molecule has 0 aliphatic heterocycles. The minimum atomic E-state index is -0.843. The van der Waals surface area contributed by atoms with Gasteiger partial charge in [-0.15, -0.1) is 0 Å². The first-order chi connectivity index (χ1) is 7.15. The summed E-state index contributed by atoms with van der Waals surface area (Å²) in [6.45, 7) is 0.0922. The van der Waals surface area contributed by atoms with Crippen LogP contribution in [0.2, 0.25) is 0 Å². The zero-order valence-corrected chi connectivity index (χ0v) is 9.09. The van der Waals surface area contributed by atoms with E-state index in [1.807, 2.05) is 6.08 Å². The van der Waals surface area contributed by atoms with Crippen molar-refractivity contribution in [3.8, 4) is 0 Å². The third kappa shape index (κ3) is 3.55. The minimum absolute atomic E-state index is 0.0922. The predicted molar refractivity (Wildman–Crippen MR) is 57.8 cm³/mol. The highest BCUT2D eigenvalue weighted by atomic mass is 16.4. The molecule has 0 atom stereocenters. The number of aliphatic hydroxyl groups is 1. The van der Waals surface area contributed by atoms with Gasteiger partial charge in [0, 0.05) is 13.1 Å². The molecule has 4 nitrogen and oxygen atoms in total. The molecule has 1 amide bonds. The molecule has 15 heavy (non-hydrogen) atoms. The average molecular weight is 213 g/mol. The maximum atomic E-state index is 10.7. The van der Waals surface area contributed by atoms with Crippen molar-refractivity contribution in [3.05, 3.63) is 12.2 Å². The second kappa shape index (κ2) is 5.75. The van der Waals surface area contributed by atoms with E-state index >= 15 is 0 Å². The summed E-state index contributed by atoms with van der Waals surface area (Å²) < 4.78 is 0. The lowest BCUT2D eigenvalue weighted by molar-refractivity contribution is 0.122. The van der Waals surface area contributed by atoms with Crippen molar-refractivity contribution in [3.63, 3.8) is 0 Å². The summed E-state index contributed by atoms with van der Waals surface area (Å²) in [5.74, 6) is 0.510. The van der Waals surface area contributed by atoms with Crippen LogP contribution in [0.3, 0.4) is 0 Å². The molecule has 0 aromatic rings. The van der Waals surface area contributed by atoms with Crippen LogP contribution >= 0.6 is 0 Å². The molecule has 1 aliphatic rings. The summed E-state index contributed by atoms with van der Waals surface area (Å²) in [5, 5.41) is 17.5. The molecular weight excluding hydrogens is 194 g/mol. The maximum Gasteiger partial charge on any atom is 0.407 e. The lowest BCUT2D eigenvalue weighted by Crippen LogP contribution is -2.38. The fraction of sp³-hybridized carbons (Fsp3) is 0.727. The summed E-state index contributed by atoms with van der Waals surface area (Å²) in [5.41, 5.74) is 0. The van der Waals surface area contributed by atoms with Gasteiger partial charge in [0.05, 0.1) is 6.61 Å². The Morgan fingerprint density at radius 2 is 2.00 bits per heavy atom. The first-order valence-electron chi connectivity index (χ1n) is 5.38. The smallest absolute Gasteiger partial charge is 0.407 e. The molecule has 0 aromatic carbocycles. The number of aliphatic hydroxyl groups excluding tert-OH is 1. The normalized spacial score (nSPS) is 26.8. The Morgan fingerprint density at radius 1 is 1.40 bits per heavy atom. The predicted octanol–water partition coefficient (Wildman–Crippen LogP) is 1.70. The Bertz CT molecular complexity index is 232. The van der Waals surface area contributed by atoms with Crippen LogP contribution < -0.4 is 0 Å². The van der Waals surface area contributed by atoms with Gasteiger partial charge in [0.2, 0.25) is 0 Å². The van der Waals surface area contributed by atoms with Gasteiger partial charge in [0.15, 0.2) is 0 Å². The number of allylic oxidation sites excluding steroid dienone is 1. The van der Waals surface area contributed by atoms with Crippen LogP contribution in [0, 0.1) is 5.92 Å². The topological polar surface area (TPSA) is 60.8 Å². The number of hydrogen-bond donors (Lipinski definition) is 2. The molecule has 0 radical (unpaired) electrons. The third-order valence-electron chi connectivity index (χ3n) is 3.10. The van der Waals surface area contributed by atoms with Gasteiger partial charge in [-0.2, -0.15) is 0 Å². The van der Waals surface area contributed by atoms with Crippen molar-refractivity contribution in [2.75, 3.05) is 13.7 Å². The third-order valence-corrected chi connectivity index (χ3v) is 3.10. The standard InChI is InChI=1S/C11H19NO3/c1-12(11(14)15)10-6-4-9(5-7-10)3-2-8-13/h2-3,9-10,13H,4-8H2,1H3,(H,14,15)/b3-2+/t9-,10-. The molecule has 0 aromatic heterocycles. The quantitative estimate of drug-likeness (QED) is 0.701. The van der Waals surface area contributed by atoms with Gasteiger partial charge in [-0.3, -0.25) is 0 Å². The Morgan fingerprint density at radius 3 is 2.47 bits per heavy atom. The van der Waals surface area contributed by atoms with Crippen molar-refractivity contribution in [2.45, 2.75) is 31.7 Å². The zero-order valence-electron chi connectivity index (χ0n) is 9.09. The van der Waals surface area contributed by atoms with Crippen LogP contribution in [0.15, 0.2) is 12.2 Å². The van der Waals surface area contributed by atoms with E-state index in [9.17, 15) is 4.79 Å². The molecule has 0 bridgehead atoms. The van der Waals surface area contributed by atoms with E-state index in [2.05, 4.69) is 0 Å². The van der Waals surface area contributed by atoms with Crippen molar-refractivity contribution >= 4 is 6.09 Å². The van der Waals surface area contributed by atoms with E-state index in [0.29, 0.717) is 5.92 Å². The lowest BCUT2D eigenvalue weighted by atomic mass is 9.85. The van der Waals surface area contributed by atoms with Crippen LogP contribution in [-0.4, -0.2) is 40.9 Å². The van der Waals surface area contributed by atoms with Crippen LogP contribution in [-0.2, 0) is 0 Å². The van der Waals surface area contributed by atoms with Gasteiger partial charge in [0.1, 0.15) is 0 Å². The summed E-state index contributed by atoms with van der Waals surface area (Å²) in [7, 11) is 1.64. The Labute approximate surface area is 90.2 Å². The Balaban J connectivity index is 2.35. The molecule has 4 heteroatoms. The molecule has 2 N–H and O–H groups in total. The molecule has 1 fully saturated rings. The number of carboxylic acid groups (broad SMARTS) is 1. The number of carbonyl (C=O) groups is 1. The molecule has 1 saturated carbocycles. The maximum absolute atomic E-state index is 10.7. The number of amides is 1. The van der Waals surface area contributed by atoms with Gasteiger partial charge in [0.25, 0.3) is 0 Å². The van der Waals surface area contributed by atoms with E-state index in [-0.39, 0.29) is 12.6 Å². The highest BCUT2D eigenvalue weighted by molar-refractivity contribution is 5.64. The molecule has 0 saturated heterocycles. The molecule has 0 spiro atoms. The zero-order chi connectivity index (χ0) is 11.3. The van der Waals surface area contributed by atoms with Gasteiger partial charge in [-0.25, -0.2) is 4.79 Å². The summed E-state index contributed by atoms with van der Waals surface area (Å²) in [6, 6.07) is 0.168. The van der Waals surface area contributed by atoms with Crippen LogP contribution in [0.25, 0.3) is 0 Å². The summed E-state index contributed by atoms with van der Waals surface area (Å²) in [4.78, 5) is 12.1. The molecule has 1 aliphatic carbocycles. The minimum Gasteiger partial charge on any atom is -0.465 e. The van der Waals surface area contributed by atoms with Gasteiger partial charge < -0.3 is 15.1 Å². The van der Waals surface area contributed by atoms with Gasteiger partial charge in [-0.1, -0.05) is 12.2 Å². The molecular formula is C11H19NO3. The molecule has 86 valence electrons. The Hall–Kier alpha value is -1.03. The molecule has 0 heterocycles. The van der Waals surface area contributed by atoms with Crippen molar-refractivity contribution in [1.82, 2.24) is 4.90 Å². The average Bonchev–Trinajstić information content (AvgIpc) is 2.26. The van der Waals surface area contributed by atoms with Crippen molar-refractivity contribution < 1.29 is 15.0 Å². The SMILES string of the molecule is CN(C(=O)O)[C@H]1CC[C@H](/C=C/CO)CC1.